The van der Waals surface area contributed by atoms with Crippen molar-refractivity contribution in [3.05, 3.63) is 0 Å². The Kier molecular flexibility index (Phi) is 8.07. The molecule has 2 unspecified atom stereocenters. The van der Waals surface area contributed by atoms with Crippen LogP contribution in [0.1, 0.15) is 59.3 Å². The van der Waals surface area contributed by atoms with Gasteiger partial charge in [-0.3, -0.25) is 10.1 Å². The summed E-state index contributed by atoms with van der Waals surface area (Å²) in [5.74, 6) is 0.263. The second-order valence-electron chi connectivity index (χ2n) is 5.31. The summed E-state index contributed by atoms with van der Waals surface area (Å²) in [6, 6.07) is 0.0252. The molecular weight excluding hydrogens is 240 g/mol. The van der Waals surface area contributed by atoms with Crippen molar-refractivity contribution in [1.29, 1.82) is 0 Å². The van der Waals surface area contributed by atoms with E-state index in [1.165, 1.54) is 0 Å². The van der Waals surface area contributed by atoms with Crippen LogP contribution < -0.4 is 5.32 Å². The SMILES string of the molecule is CCCCOCCN1C(=O)C(CCC)NC1CCC. The quantitative estimate of drug-likeness (QED) is 0.620. The van der Waals surface area contributed by atoms with E-state index in [9.17, 15) is 4.79 Å². The summed E-state index contributed by atoms with van der Waals surface area (Å²) in [5, 5.41) is 3.47. The number of rotatable bonds is 10. The number of carbonyl (C=O) groups excluding carboxylic acids is 1. The minimum atomic E-state index is 0.0252. The van der Waals surface area contributed by atoms with Crippen molar-refractivity contribution >= 4 is 5.91 Å². The molecule has 0 radical (unpaired) electrons. The van der Waals surface area contributed by atoms with Gasteiger partial charge in [0, 0.05) is 13.2 Å². The summed E-state index contributed by atoms with van der Waals surface area (Å²) in [4.78, 5) is 14.3. The monoisotopic (exact) mass is 270 g/mol. The van der Waals surface area contributed by atoms with Crippen molar-refractivity contribution in [3.63, 3.8) is 0 Å². The molecule has 0 aromatic carbocycles. The molecule has 2 atom stereocenters. The van der Waals surface area contributed by atoms with E-state index in [-0.39, 0.29) is 18.1 Å². The van der Waals surface area contributed by atoms with Gasteiger partial charge in [0.15, 0.2) is 0 Å². The van der Waals surface area contributed by atoms with E-state index in [4.69, 9.17) is 4.74 Å². The normalized spacial score (nSPS) is 23.3. The number of nitrogens with zero attached hydrogens (tertiary/aromatic N) is 1. The van der Waals surface area contributed by atoms with Crippen LogP contribution in [0.4, 0.5) is 0 Å². The van der Waals surface area contributed by atoms with Crippen molar-refractivity contribution in [3.8, 4) is 0 Å². The zero-order chi connectivity index (χ0) is 14.1. The molecular formula is C15H30N2O2. The van der Waals surface area contributed by atoms with E-state index in [0.717, 1.165) is 51.7 Å². The number of nitrogens with one attached hydrogen (secondary N) is 1. The van der Waals surface area contributed by atoms with Crippen molar-refractivity contribution in [2.45, 2.75) is 71.5 Å². The van der Waals surface area contributed by atoms with Gasteiger partial charge < -0.3 is 9.64 Å². The molecule has 0 bridgehead atoms. The molecule has 1 saturated heterocycles. The Hall–Kier alpha value is -0.610. The highest BCUT2D eigenvalue weighted by atomic mass is 16.5. The van der Waals surface area contributed by atoms with Gasteiger partial charge in [0.2, 0.25) is 5.91 Å². The van der Waals surface area contributed by atoms with Crippen molar-refractivity contribution < 1.29 is 9.53 Å². The Morgan fingerprint density at radius 1 is 1.11 bits per heavy atom. The van der Waals surface area contributed by atoms with Crippen LogP contribution in [0.15, 0.2) is 0 Å². The molecule has 0 saturated carbocycles. The van der Waals surface area contributed by atoms with E-state index < -0.39 is 0 Å². The fourth-order valence-corrected chi connectivity index (χ4v) is 2.53. The lowest BCUT2D eigenvalue weighted by Crippen LogP contribution is -2.39. The summed E-state index contributed by atoms with van der Waals surface area (Å²) in [6.07, 6.45) is 6.57. The standard InChI is InChI=1S/C15H30N2O2/c1-4-7-11-19-12-10-17-14(9-6-3)16-13(8-5-2)15(17)18/h13-14,16H,4-12H2,1-3H3. The third-order valence-electron chi connectivity index (χ3n) is 3.61. The predicted molar refractivity (Wildman–Crippen MR) is 78.0 cm³/mol. The number of unbranched alkanes of at least 4 members (excludes halogenated alkanes) is 1. The second kappa shape index (κ2) is 9.32. The van der Waals surface area contributed by atoms with Crippen LogP contribution in [0, 0.1) is 0 Å². The van der Waals surface area contributed by atoms with Gasteiger partial charge in [0.1, 0.15) is 0 Å². The van der Waals surface area contributed by atoms with Crippen molar-refractivity contribution in [2.75, 3.05) is 19.8 Å². The number of amides is 1. The highest BCUT2D eigenvalue weighted by Crippen LogP contribution is 2.17. The first kappa shape index (κ1) is 16.4. The number of carbonyl (C=O) groups is 1. The maximum Gasteiger partial charge on any atom is 0.241 e. The zero-order valence-corrected chi connectivity index (χ0v) is 12.8. The number of hydrogen-bond donors (Lipinski definition) is 1. The predicted octanol–water partition coefficient (Wildman–Crippen LogP) is 2.53. The Bertz CT molecular complexity index is 259. The molecule has 0 aromatic rings. The van der Waals surface area contributed by atoms with Crippen molar-refractivity contribution in [2.24, 2.45) is 0 Å². The lowest BCUT2D eigenvalue weighted by molar-refractivity contribution is -0.131. The Balaban J connectivity index is 2.40. The molecule has 1 heterocycles. The molecule has 4 heteroatoms. The summed E-state index contributed by atoms with van der Waals surface area (Å²) in [6.45, 7) is 8.63. The third-order valence-corrected chi connectivity index (χ3v) is 3.61. The van der Waals surface area contributed by atoms with E-state index >= 15 is 0 Å². The highest BCUT2D eigenvalue weighted by molar-refractivity contribution is 5.84. The largest absolute Gasteiger partial charge is 0.380 e. The Morgan fingerprint density at radius 3 is 2.47 bits per heavy atom. The Labute approximate surface area is 117 Å². The van der Waals surface area contributed by atoms with Crippen LogP contribution in [-0.2, 0) is 9.53 Å². The third kappa shape index (κ3) is 5.11. The first-order valence-corrected chi connectivity index (χ1v) is 7.88. The first-order valence-electron chi connectivity index (χ1n) is 7.88. The Morgan fingerprint density at radius 2 is 1.84 bits per heavy atom. The maximum atomic E-state index is 12.3. The molecule has 4 nitrogen and oxygen atoms in total. The van der Waals surface area contributed by atoms with Gasteiger partial charge >= 0.3 is 0 Å². The number of hydrogen-bond acceptors (Lipinski definition) is 3. The lowest BCUT2D eigenvalue weighted by atomic mass is 10.2. The fourth-order valence-electron chi connectivity index (χ4n) is 2.53. The number of ether oxygens (including phenoxy) is 1. The van der Waals surface area contributed by atoms with Crippen LogP contribution in [-0.4, -0.2) is 42.8 Å². The molecule has 0 aromatic heterocycles. The summed E-state index contributed by atoms with van der Waals surface area (Å²) >= 11 is 0. The van der Waals surface area contributed by atoms with Gasteiger partial charge in [-0.1, -0.05) is 40.0 Å². The van der Waals surface area contributed by atoms with Gasteiger partial charge in [-0.05, 0) is 19.3 Å². The molecule has 1 aliphatic rings. The average molecular weight is 270 g/mol. The lowest BCUT2D eigenvalue weighted by Gasteiger charge is -2.23. The van der Waals surface area contributed by atoms with Gasteiger partial charge in [0.05, 0.1) is 18.8 Å². The maximum absolute atomic E-state index is 12.3. The molecule has 1 aliphatic heterocycles. The molecule has 0 aliphatic carbocycles. The van der Waals surface area contributed by atoms with Gasteiger partial charge in [-0.15, -0.1) is 0 Å². The molecule has 1 amide bonds. The van der Waals surface area contributed by atoms with Crippen LogP contribution in [0.2, 0.25) is 0 Å². The average Bonchev–Trinajstić information content (AvgIpc) is 2.68. The van der Waals surface area contributed by atoms with Crippen LogP contribution in [0.25, 0.3) is 0 Å². The molecule has 1 N–H and O–H groups in total. The molecule has 1 rings (SSSR count). The van der Waals surface area contributed by atoms with E-state index in [1.54, 1.807) is 0 Å². The van der Waals surface area contributed by atoms with Gasteiger partial charge in [-0.25, -0.2) is 0 Å². The van der Waals surface area contributed by atoms with E-state index in [1.807, 2.05) is 4.90 Å². The minimum absolute atomic E-state index is 0.0252. The van der Waals surface area contributed by atoms with Crippen molar-refractivity contribution in [1.82, 2.24) is 10.2 Å². The molecule has 112 valence electrons. The first-order chi connectivity index (χ1) is 9.24. The summed E-state index contributed by atoms with van der Waals surface area (Å²) in [7, 11) is 0. The smallest absolute Gasteiger partial charge is 0.241 e. The zero-order valence-electron chi connectivity index (χ0n) is 12.8. The second-order valence-corrected chi connectivity index (χ2v) is 5.31. The minimum Gasteiger partial charge on any atom is -0.380 e. The molecule has 1 fully saturated rings. The summed E-state index contributed by atoms with van der Waals surface area (Å²) < 4.78 is 5.58. The van der Waals surface area contributed by atoms with Gasteiger partial charge in [0.25, 0.3) is 0 Å². The topological polar surface area (TPSA) is 41.6 Å². The fraction of sp³-hybridized carbons (Fsp3) is 0.933. The van der Waals surface area contributed by atoms with Crippen LogP contribution >= 0.6 is 0 Å². The summed E-state index contributed by atoms with van der Waals surface area (Å²) in [5.41, 5.74) is 0. The molecule has 19 heavy (non-hydrogen) atoms. The highest BCUT2D eigenvalue weighted by Gasteiger charge is 2.37. The van der Waals surface area contributed by atoms with Gasteiger partial charge in [-0.2, -0.15) is 0 Å². The van der Waals surface area contributed by atoms with E-state index in [0.29, 0.717) is 6.61 Å². The van der Waals surface area contributed by atoms with Crippen LogP contribution in [0.5, 0.6) is 0 Å². The van der Waals surface area contributed by atoms with Crippen LogP contribution in [0.3, 0.4) is 0 Å². The molecule has 0 spiro atoms. The van der Waals surface area contributed by atoms with E-state index in [2.05, 4.69) is 26.1 Å².